The van der Waals surface area contributed by atoms with Gasteiger partial charge in [-0.25, -0.2) is 0 Å². The summed E-state index contributed by atoms with van der Waals surface area (Å²) in [6.07, 6.45) is 0. The Labute approximate surface area is 215 Å². The highest BCUT2D eigenvalue weighted by atomic mass is 32.2. The van der Waals surface area contributed by atoms with Crippen molar-refractivity contribution in [2.24, 2.45) is 0 Å². The number of rotatable bonds is 13. The van der Waals surface area contributed by atoms with Gasteiger partial charge in [0.1, 0.15) is 35.3 Å². The summed E-state index contributed by atoms with van der Waals surface area (Å²) in [6, 6.07) is 20.5. The fourth-order valence-electron chi connectivity index (χ4n) is 2.96. The Morgan fingerprint density at radius 3 is 1.47 bits per heavy atom. The Morgan fingerprint density at radius 1 is 0.722 bits per heavy atom. The zero-order valence-electron chi connectivity index (χ0n) is 20.3. The van der Waals surface area contributed by atoms with Crippen molar-refractivity contribution in [1.82, 2.24) is 4.31 Å². The third-order valence-electron chi connectivity index (χ3n) is 4.86. The molecule has 3 aromatic rings. The van der Waals surface area contributed by atoms with E-state index in [2.05, 4.69) is 0 Å². The van der Waals surface area contributed by atoms with Crippen molar-refractivity contribution < 1.29 is 37.8 Å². The van der Waals surface area contributed by atoms with Crippen molar-refractivity contribution in [1.29, 1.82) is 0 Å². The van der Waals surface area contributed by atoms with E-state index in [1.807, 2.05) is 0 Å². The number of carbonyl (C=O) groups excluding carboxylic acids is 1. The molecule has 0 heterocycles. The quantitative estimate of drug-likeness (QED) is 0.130. The molecule has 0 aliphatic rings. The molecular formula is C25H27NO8PS+. The molecule has 1 unspecified atom stereocenters. The molecule has 0 fully saturated rings. The van der Waals surface area contributed by atoms with E-state index in [4.69, 9.17) is 28.4 Å². The lowest BCUT2D eigenvalue weighted by molar-refractivity contribution is -0.151. The van der Waals surface area contributed by atoms with E-state index in [9.17, 15) is 9.36 Å². The molecule has 0 aliphatic carbocycles. The highest BCUT2D eigenvalue weighted by molar-refractivity contribution is 7.97. The summed E-state index contributed by atoms with van der Waals surface area (Å²) < 4.78 is 47.3. The normalized spacial score (nSPS) is 11.1. The fraction of sp³-hybridized carbons (Fsp3) is 0.240. The smallest absolute Gasteiger partial charge is 0.497 e. The van der Waals surface area contributed by atoms with Crippen LogP contribution >= 0.6 is 20.4 Å². The van der Waals surface area contributed by atoms with Crippen LogP contribution in [-0.2, 0) is 14.1 Å². The molecule has 0 radical (unpaired) electrons. The van der Waals surface area contributed by atoms with Crippen LogP contribution in [0.2, 0.25) is 0 Å². The summed E-state index contributed by atoms with van der Waals surface area (Å²) in [6.45, 7) is -0.297. The van der Waals surface area contributed by atoms with Crippen molar-refractivity contribution in [2.75, 3.05) is 35.0 Å². The Balaban J connectivity index is 2.04. The van der Waals surface area contributed by atoms with Gasteiger partial charge in [-0.15, -0.1) is 4.31 Å². The fourth-order valence-corrected chi connectivity index (χ4v) is 4.59. The zero-order valence-corrected chi connectivity index (χ0v) is 22.1. The number of ether oxygens (including phenoxy) is 6. The lowest BCUT2D eigenvalue weighted by atomic mass is 10.3. The van der Waals surface area contributed by atoms with Crippen LogP contribution in [-0.4, -0.2) is 50.9 Å². The molecule has 0 aromatic heterocycles. The van der Waals surface area contributed by atoms with Crippen molar-refractivity contribution in [3.8, 4) is 28.7 Å². The van der Waals surface area contributed by atoms with E-state index in [0.29, 0.717) is 28.7 Å². The summed E-state index contributed by atoms with van der Waals surface area (Å²) in [5, 5.41) is 0. The number of methoxy groups -OCH3 is 4. The lowest BCUT2D eigenvalue weighted by Gasteiger charge is -2.31. The average molecular weight is 533 g/mol. The summed E-state index contributed by atoms with van der Waals surface area (Å²) in [5.41, 5.74) is -1.91. The number of hydrogen-bond donors (Lipinski definition) is 0. The van der Waals surface area contributed by atoms with Gasteiger partial charge in [-0.2, -0.15) is 0 Å². The molecule has 3 aromatic carbocycles. The minimum Gasteiger partial charge on any atom is -0.497 e. The molecule has 0 spiro atoms. The van der Waals surface area contributed by atoms with Gasteiger partial charge in [-0.1, -0.05) is 4.57 Å². The van der Waals surface area contributed by atoms with E-state index in [-0.39, 0.29) is 6.54 Å². The van der Waals surface area contributed by atoms with Crippen LogP contribution in [0.25, 0.3) is 0 Å². The molecule has 0 amide bonds. The first-order chi connectivity index (χ1) is 17.4. The van der Waals surface area contributed by atoms with E-state index in [1.165, 1.54) is 11.4 Å². The van der Waals surface area contributed by atoms with Gasteiger partial charge in [0.05, 0.1) is 28.4 Å². The first kappa shape index (κ1) is 27.1. The summed E-state index contributed by atoms with van der Waals surface area (Å²) in [7, 11) is 4.76. The van der Waals surface area contributed by atoms with Crippen LogP contribution < -0.4 is 23.7 Å². The maximum absolute atomic E-state index is 12.9. The number of hydrogen-bond acceptors (Lipinski definition) is 10. The molecular weight excluding hydrogens is 505 g/mol. The summed E-state index contributed by atoms with van der Waals surface area (Å²) in [4.78, 5) is 13.1. The predicted molar refractivity (Wildman–Crippen MR) is 137 cm³/mol. The molecule has 0 bridgehead atoms. The van der Waals surface area contributed by atoms with Gasteiger partial charge in [-0.05, 0) is 84.7 Å². The van der Waals surface area contributed by atoms with Crippen molar-refractivity contribution in [3.05, 3.63) is 72.8 Å². The van der Waals surface area contributed by atoms with Crippen molar-refractivity contribution >= 4 is 26.4 Å². The largest absolute Gasteiger partial charge is 0.535 e. The first-order valence-corrected chi connectivity index (χ1v) is 12.4. The van der Waals surface area contributed by atoms with Gasteiger partial charge >= 0.3 is 20.1 Å². The molecule has 0 saturated heterocycles. The standard InChI is InChI=1S/C25H26NO8PS/c1-29-18-5-9-21(10-6-18)33-25(35-28,34-22-11-7-19(30-2)8-12-22)26(17-24(27)32-4)36-23-15-13-20(31-3)14-16-23/h5-16H,17H2,1-4H3/p+1. The van der Waals surface area contributed by atoms with Crippen LogP contribution in [0.3, 0.4) is 0 Å². The Hall–Kier alpha value is -3.46. The first-order valence-electron chi connectivity index (χ1n) is 10.7. The zero-order chi connectivity index (χ0) is 26.0. The molecule has 3 rings (SSSR count). The second-order valence-corrected chi connectivity index (χ2v) is 9.05. The molecule has 0 N–H and O–H groups in total. The van der Waals surface area contributed by atoms with Crippen molar-refractivity contribution in [3.63, 3.8) is 0 Å². The highest BCUT2D eigenvalue weighted by Gasteiger charge is 2.54. The minimum absolute atomic E-state index is 0.297. The molecule has 190 valence electrons. The third kappa shape index (κ3) is 7.04. The Morgan fingerprint density at radius 2 is 1.11 bits per heavy atom. The van der Waals surface area contributed by atoms with Crippen molar-refractivity contribution in [2.45, 2.75) is 10.5 Å². The maximum Gasteiger partial charge on any atom is 0.535 e. The highest BCUT2D eigenvalue weighted by Crippen LogP contribution is 2.41. The van der Waals surface area contributed by atoms with Crippen LogP contribution in [0.1, 0.15) is 0 Å². The van der Waals surface area contributed by atoms with Crippen LogP contribution in [0.4, 0.5) is 0 Å². The molecule has 36 heavy (non-hydrogen) atoms. The molecule has 11 heteroatoms. The second-order valence-electron chi connectivity index (χ2n) is 7.12. The Bertz CT molecular complexity index is 1080. The SMILES string of the molecule is COC(=O)CN(Sc1ccc(OC)cc1)C(Oc1ccc(OC)cc1)(Oc1ccc(OC)cc1)[PH+]=O. The van der Waals surface area contributed by atoms with Gasteiger partial charge in [0, 0.05) is 4.90 Å². The average Bonchev–Trinajstić information content (AvgIpc) is 2.93. The lowest BCUT2D eigenvalue weighted by Crippen LogP contribution is -2.52. The Kier molecular flexibility index (Phi) is 9.81. The molecule has 0 saturated carbocycles. The molecule has 1 atom stereocenters. The number of nitrogens with zero attached hydrogens (tertiary/aromatic N) is 1. The number of benzene rings is 3. The van der Waals surface area contributed by atoms with E-state index in [1.54, 1.807) is 94.1 Å². The number of carbonyl (C=O) groups is 1. The predicted octanol–water partition coefficient (Wildman–Crippen LogP) is 4.99. The molecule has 9 nitrogen and oxygen atoms in total. The van der Waals surface area contributed by atoms with E-state index < -0.39 is 20.1 Å². The maximum atomic E-state index is 12.9. The second kappa shape index (κ2) is 13.0. The summed E-state index contributed by atoms with van der Waals surface area (Å²) >= 11 is 1.12. The molecule has 0 aliphatic heterocycles. The van der Waals surface area contributed by atoms with E-state index in [0.717, 1.165) is 16.8 Å². The van der Waals surface area contributed by atoms with Crippen LogP contribution in [0.5, 0.6) is 28.7 Å². The van der Waals surface area contributed by atoms with Gasteiger partial charge in [0.2, 0.25) is 0 Å². The monoisotopic (exact) mass is 532 g/mol. The van der Waals surface area contributed by atoms with Gasteiger partial charge in [0.15, 0.2) is 0 Å². The number of esters is 1. The third-order valence-corrected chi connectivity index (χ3v) is 6.83. The van der Waals surface area contributed by atoms with Crippen LogP contribution in [0.15, 0.2) is 77.7 Å². The summed E-state index contributed by atoms with van der Waals surface area (Å²) in [5.74, 6) is 2.02. The minimum atomic E-state index is -1.91. The van der Waals surface area contributed by atoms with E-state index >= 15 is 0 Å². The topological polar surface area (TPSA) is 92.8 Å². The van der Waals surface area contributed by atoms with Gasteiger partial charge < -0.3 is 28.4 Å². The van der Waals surface area contributed by atoms with Gasteiger partial charge in [0.25, 0.3) is 0 Å². The van der Waals surface area contributed by atoms with Crippen LogP contribution in [0, 0.1) is 0 Å². The van der Waals surface area contributed by atoms with Gasteiger partial charge in [-0.3, -0.25) is 4.79 Å².